The minimum Gasteiger partial charge on any atom is -0.482 e. The number of nitro benzene ring substituents is 1. The first-order chi connectivity index (χ1) is 14.7. The maximum atomic E-state index is 12.1. The standard InChI is InChI=1S/C22H26BNO5.C2H6/c1-21(2)22(3,4)29-23(28-21)18-13-16-11-8-12-17(16)19(24(25)26)20(18)27-14-15-9-6-5-7-10-15;1-2/h5-7,9-10,13H,8,11-12,14H2,1-4H3;1-2H3. The zero-order valence-corrected chi connectivity index (χ0v) is 19.4. The number of nitro groups is 1. The highest BCUT2D eigenvalue weighted by atomic mass is 16.7. The minimum absolute atomic E-state index is 0.0562. The number of ether oxygens (including phenoxy) is 1. The van der Waals surface area contributed by atoms with Crippen LogP contribution in [0.1, 0.15) is 64.7 Å². The van der Waals surface area contributed by atoms with E-state index in [1.807, 2.05) is 77.9 Å². The molecule has 2 aromatic carbocycles. The summed E-state index contributed by atoms with van der Waals surface area (Å²) in [5, 5.41) is 12.1. The van der Waals surface area contributed by atoms with Gasteiger partial charge in [-0.2, -0.15) is 0 Å². The molecule has 4 rings (SSSR count). The van der Waals surface area contributed by atoms with Gasteiger partial charge in [-0.3, -0.25) is 10.1 Å². The summed E-state index contributed by atoms with van der Waals surface area (Å²) >= 11 is 0. The highest BCUT2D eigenvalue weighted by Gasteiger charge is 2.53. The van der Waals surface area contributed by atoms with Crippen molar-refractivity contribution in [3.8, 4) is 5.75 Å². The highest BCUT2D eigenvalue weighted by molar-refractivity contribution is 6.63. The molecule has 2 aliphatic rings. The van der Waals surface area contributed by atoms with Crippen LogP contribution in [0.15, 0.2) is 36.4 Å². The lowest BCUT2D eigenvalue weighted by Crippen LogP contribution is -2.41. The molecule has 1 fully saturated rings. The first kappa shape index (κ1) is 23.3. The van der Waals surface area contributed by atoms with Crippen LogP contribution in [0.25, 0.3) is 0 Å². The van der Waals surface area contributed by atoms with Crippen LogP contribution in [0.3, 0.4) is 0 Å². The van der Waals surface area contributed by atoms with Gasteiger partial charge in [-0.15, -0.1) is 0 Å². The van der Waals surface area contributed by atoms with E-state index in [0.29, 0.717) is 11.9 Å². The van der Waals surface area contributed by atoms with Crippen LogP contribution >= 0.6 is 0 Å². The molecule has 6 nitrogen and oxygen atoms in total. The van der Waals surface area contributed by atoms with Gasteiger partial charge in [0.05, 0.1) is 16.1 Å². The molecule has 1 aliphatic carbocycles. The zero-order valence-electron chi connectivity index (χ0n) is 19.4. The van der Waals surface area contributed by atoms with E-state index in [2.05, 4.69) is 0 Å². The summed E-state index contributed by atoms with van der Waals surface area (Å²) in [5.41, 5.74) is 2.30. The van der Waals surface area contributed by atoms with E-state index in [-0.39, 0.29) is 23.0 Å². The summed E-state index contributed by atoms with van der Waals surface area (Å²) in [7, 11) is -0.713. The first-order valence-electron chi connectivity index (χ1n) is 11.0. The molecule has 31 heavy (non-hydrogen) atoms. The fourth-order valence-electron chi connectivity index (χ4n) is 3.94. The Morgan fingerprint density at radius 3 is 2.26 bits per heavy atom. The van der Waals surface area contributed by atoms with Gasteiger partial charge in [0, 0.05) is 11.0 Å². The van der Waals surface area contributed by atoms with Gasteiger partial charge < -0.3 is 14.0 Å². The van der Waals surface area contributed by atoms with E-state index in [9.17, 15) is 10.1 Å². The maximum Gasteiger partial charge on any atom is 0.498 e. The molecular weight excluding hydrogens is 393 g/mol. The number of hydrogen-bond acceptors (Lipinski definition) is 5. The monoisotopic (exact) mass is 425 g/mol. The molecule has 0 aromatic heterocycles. The lowest BCUT2D eigenvalue weighted by molar-refractivity contribution is -0.386. The molecule has 0 saturated carbocycles. The number of fused-ring (bicyclic) bond motifs is 1. The molecule has 2 aromatic rings. The molecule has 1 saturated heterocycles. The van der Waals surface area contributed by atoms with E-state index < -0.39 is 18.3 Å². The molecule has 0 unspecified atom stereocenters. The largest absolute Gasteiger partial charge is 0.498 e. The lowest BCUT2D eigenvalue weighted by Gasteiger charge is -2.32. The van der Waals surface area contributed by atoms with Gasteiger partial charge in [0.2, 0.25) is 0 Å². The van der Waals surface area contributed by atoms with Crippen molar-refractivity contribution in [2.75, 3.05) is 0 Å². The Morgan fingerprint density at radius 1 is 1.06 bits per heavy atom. The SMILES string of the molecule is CC.CC1(C)OB(c2cc3c(c([N+](=O)[O-])c2OCc2ccccc2)CCC3)OC1(C)C. The summed E-state index contributed by atoms with van der Waals surface area (Å²) in [6.45, 7) is 12.1. The van der Waals surface area contributed by atoms with Crippen LogP contribution in [-0.2, 0) is 28.8 Å². The predicted octanol–water partition coefficient (Wildman–Crippen LogP) is 4.99. The summed E-state index contributed by atoms with van der Waals surface area (Å²) in [6.07, 6.45) is 2.42. The Hall–Kier alpha value is -2.38. The van der Waals surface area contributed by atoms with E-state index >= 15 is 0 Å². The quantitative estimate of drug-likeness (QED) is 0.384. The summed E-state index contributed by atoms with van der Waals surface area (Å²) in [5.74, 6) is 0.262. The van der Waals surface area contributed by atoms with Crippen molar-refractivity contribution < 1.29 is 19.0 Å². The Balaban J connectivity index is 0.00000132. The number of hydrogen-bond donors (Lipinski definition) is 0. The average molecular weight is 425 g/mol. The molecule has 166 valence electrons. The number of aryl methyl sites for hydroxylation is 1. The van der Waals surface area contributed by atoms with Crippen molar-refractivity contribution in [2.24, 2.45) is 0 Å². The molecule has 1 aliphatic heterocycles. The van der Waals surface area contributed by atoms with E-state index in [1.165, 1.54) is 0 Å². The molecule has 0 radical (unpaired) electrons. The molecule has 1 heterocycles. The number of benzene rings is 2. The van der Waals surface area contributed by atoms with Crippen LogP contribution < -0.4 is 10.2 Å². The zero-order chi connectivity index (χ0) is 22.8. The van der Waals surface area contributed by atoms with E-state index in [4.69, 9.17) is 14.0 Å². The highest BCUT2D eigenvalue weighted by Crippen LogP contribution is 2.41. The Labute approximate surface area is 185 Å². The van der Waals surface area contributed by atoms with Crippen molar-refractivity contribution in [3.63, 3.8) is 0 Å². The third-order valence-corrected chi connectivity index (χ3v) is 6.27. The van der Waals surface area contributed by atoms with Crippen molar-refractivity contribution in [1.29, 1.82) is 0 Å². The van der Waals surface area contributed by atoms with Crippen LogP contribution in [0.5, 0.6) is 5.75 Å². The Bertz CT molecular complexity index is 927. The van der Waals surface area contributed by atoms with E-state index in [0.717, 1.165) is 29.5 Å². The fraction of sp³-hybridized carbons (Fsp3) is 0.500. The van der Waals surface area contributed by atoms with Gasteiger partial charge in [-0.05, 0) is 58.1 Å². The van der Waals surface area contributed by atoms with Gasteiger partial charge >= 0.3 is 12.8 Å². The molecule has 0 N–H and O–H groups in total. The van der Waals surface area contributed by atoms with Gasteiger partial charge in [0.15, 0.2) is 5.75 Å². The van der Waals surface area contributed by atoms with Crippen molar-refractivity contribution in [1.82, 2.24) is 0 Å². The molecule has 0 bridgehead atoms. The van der Waals surface area contributed by atoms with Crippen LogP contribution in [0.2, 0.25) is 0 Å². The van der Waals surface area contributed by atoms with Crippen LogP contribution in [0, 0.1) is 10.1 Å². The van der Waals surface area contributed by atoms with Crippen LogP contribution in [0.4, 0.5) is 5.69 Å². The van der Waals surface area contributed by atoms with Crippen molar-refractivity contribution in [3.05, 3.63) is 63.2 Å². The molecule has 7 heteroatoms. The summed E-state index contributed by atoms with van der Waals surface area (Å²) in [4.78, 5) is 11.7. The molecule has 0 amide bonds. The molecule has 0 spiro atoms. The Kier molecular flexibility index (Phi) is 6.77. The van der Waals surface area contributed by atoms with Gasteiger partial charge in [-0.1, -0.05) is 50.2 Å². The summed E-state index contributed by atoms with van der Waals surface area (Å²) in [6, 6.07) is 11.6. The second-order valence-corrected chi connectivity index (χ2v) is 8.75. The molecule has 0 atom stereocenters. The number of rotatable bonds is 5. The van der Waals surface area contributed by atoms with Crippen molar-refractivity contribution in [2.45, 2.75) is 78.6 Å². The van der Waals surface area contributed by atoms with Crippen molar-refractivity contribution >= 4 is 18.3 Å². The first-order valence-corrected chi connectivity index (χ1v) is 11.0. The second-order valence-electron chi connectivity index (χ2n) is 8.75. The smallest absolute Gasteiger partial charge is 0.482 e. The normalized spacial score (nSPS) is 18.2. The second kappa shape index (κ2) is 9.01. The topological polar surface area (TPSA) is 70.8 Å². The predicted molar refractivity (Wildman–Crippen MR) is 123 cm³/mol. The van der Waals surface area contributed by atoms with Gasteiger partial charge in [0.1, 0.15) is 6.61 Å². The fourth-order valence-corrected chi connectivity index (χ4v) is 3.94. The minimum atomic E-state index is -0.713. The Morgan fingerprint density at radius 2 is 1.68 bits per heavy atom. The number of nitrogens with zero attached hydrogens (tertiary/aromatic N) is 1. The van der Waals surface area contributed by atoms with Crippen LogP contribution in [-0.4, -0.2) is 23.2 Å². The van der Waals surface area contributed by atoms with E-state index in [1.54, 1.807) is 0 Å². The molecular formula is C24H32BNO5. The van der Waals surface area contributed by atoms with Gasteiger partial charge in [0.25, 0.3) is 0 Å². The summed E-state index contributed by atoms with van der Waals surface area (Å²) < 4.78 is 18.5. The average Bonchev–Trinajstić information content (AvgIpc) is 3.28. The van der Waals surface area contributed by atoms with Gasteiger partial charge in [-0.25, -0.2) is 0 Å². The third kappa shape index (κ3) is 4.48. The maximum absolute atomic E-state index is 12.1. The third-order valence-electron chi connectivity index (χ3n) is 6.27. The lowest BCUT2D eigenvalue weighted by atomic mass is 9.76.